The van der Waals surface area contributed by atoms with Crippen molar-refractivity contribution in [1.82, 2.24) is 9.97 Å². The molecule has 0 fully saturated rings. The molecule has 0 aliphatic rings. The number of ether oxygens (including phenoxy) is 2. The smallest absolute Gasteiger partial charge is 0.293 e. The normalized spacial score (nSPS) is 10.9. The molecule has 0 spiro atoms. The van der Waals surface area contributed by atoms with Gasteiger partial charge in [0.2, 0.25) is 5.95 Å². The summed E-state index contributed by atoms with van der Waals surface area (Å²) in [5, 5.41) is 15.0. The summed E-state index contributed by atoms with van der Waals surface area (Å²) in [6.45, 7) is 1.71. The van der Waals surface area contributed by atoms with Crippen molar-refractivity contribution in [3.05, 3.63) is 74.1 Å². The molecule has 0 bridgehead atoms. The largest absolute Gasteiger partial charge is 0.495 e. The third-order valence-corrected chi connectivity index (χ3v) is 5.93. The van der Waals surface area contributed by atoms with Crippen LogP contribution in [0.1, 0.15) is 5.56 Å². The summed E-state index contributed by atoms with van der Waals surface area (Å²) in [6.07, 6.45) is 1.40. The van der Waals surface area contributed by atoms with Crippen LogP contribution in [0, 0.1) is 22.9 Å². The van der Waals surface area contributed by atoms with Gasteiger partial charge in [-0.05, 0) is 30.2 Å². The fraction of sp³-hybridized carbons (Fsp3) is 0.130. The van der Waals surface area contributed by atoms with E-state index >= 15 is 4.39 Å². The van der Waals surface area contributed by atoms with Crippen LogP contribution in [0.15, 0.2) is 42.6 Å². The fourth-order valence-corrected chi connectivity index (χ4v) is 4.24. The summed E-state index contributed by atoms with van der Waals surface area (Å²) in [4.78, 5) is 19.3. The Morgan fingerprint density at radius 2 is 1.76 bits per heavy atom. The Bertz CT molecular complexity index is 1420. The molecule has 34 heavy (non-hydrogen) atoms. The first kappa shape index (κ1) is 23.5. The number of hydrogen-bond acceptors (Lipinski definition) is 7. The molecule has 3 aromatic carbocycles. The molecule has 0 atom stereocenters. The van der Waals surface area contributed by atoms with Crippen molar-refractivity contribution in [3.8, 4) is 22.6 Å². The first-order chi connectivity index (χ1) is 16.2. The zero-order valence-electron chi connectivity index (χ0n) is 18.1. The first-order valence-corrected chi connectivity index (χ1v) is 10.6. The highest BCUT2D eigenvalue weighted by Crippen LogP contribution is 2.46. The van der Waals surface area contributed by atoms with Gasteiger partial charge in [-0.1, -0.05) is 35.3 Å². The van der Waals surface area contributed by atoms with Gasteiger partial charge in [-0.3, -0.25) is 10.1 Å². The van der Waals surface area contributed by atoms with Crippen LogP contribution in [-0.4, -0.2) is 29.1 Å². The zero-order valence-corrected chi connectivity index (χ0v) is 19.7. The van der Waals surface area contributed by atoms with Crippen molar-refractivity contribution in [2.45, 2.75) is 6.92 Å². The van der Waals surface area contributed by atoms with Crippen LogP contribution in [0.3, 0.4) is 0 Å². The SMILES string of the molecule is COc1cc(OC)c(Cl)c(-c2cc(F)c3nc(Nc4c(C)cccc4[N+](=O)[O-])ncc3c2)c1Cl. The number of fused-ring (bicyclic) bond motifs is 1. The summed E-state index contributed by atoms with van der Waals surface area (Å²) < 4.78 is 25.8. The number of aryl methyl sites for hydroxylation is 1. The Hall–Kier alpha value is -3.69. The number of hydrogen-bond donors (Lipinski definition) is 1. The number of methoxy groups -OCH3 is 2. The Balaban J connectivity index is 1.82. The van der Waals surface area contributed by atoms with Gasteiger partial charge in [-0.2, -0.15) is 0 Å². The second kappa shape index (κ2) is 9.28. The minimum absolute atomic E-state index is 0.00987. The van der Waals surface area contributed by atoms with E-state index < -0.39 is 10.7 Å². The van der Waals surface area contributed by atoms with E-state index in [-0.39, 0.29) is 32.9 Å². The summed E-state index contributed by atoms with van der Waals surface area (Å²) >= 11 is 12.9. The zero-order chi connectivity index (χ0) is 24.6. The predicted octanol–water partition coefficient (Wildman–Crippen LogP) is 6.72. The molecule has 11 heteroatoms. The van der Waals surface area contributed by atoms with Gasteiger partial charge in [0.15, 0.2) is 0 Å². The van der Waals surface area contributed by atoms with Crippen molar-refractivity contribution in [3.63, 3.8) is 0 Å². The number of benzene rings is 3. The van der Waals surface area contributed by atoms with Crippen LogP contribution < -0.4 is 14.8 Å². The van der Waals surface area contributed by atoms with E-state index in [0.29, 0.717) is 33.6 Å². The van der Waals surface area contributed by atoms with Crippen LogP contribution in [0.2, 0.25) is 10.0 Å². The molecule has 4 rings (SSSR count). The molecular weight excluding hydrogens is 486 g/mol. The van der Waals surface area contributed by atoms with Crippen molar-refractivity contribution in [2.24, 2.45) is 0 Å². The number of nitro groups is 1. The lowest BCUT2D eigenvalue weighted by molar-refractivity contribution is -0.384. The van der Waals surface area contributed by atoms with E-state index in [1.165, 1.54) is 38.6 Å². The minimum Gasteiger partial charge on any atom is -0.495 e. The molecular formula is C23H17Cl2FN4O4. The van der Waals surface area contributed by atoms with E-state index in [2.05, 4.69) is 15.3 Å². The predicted molar refractivity (Wildman–Crippen MR) is 129 cm³/mol. The Kier molecular flexibility index (Phi) is 6.41. The maximum Gasteiger partial charge on any atom is 0.293 e. The van der Waals surface area contributed by atoms with Crippen molar-refractivity contribution < 1.29 is 18.8 Å². The molecule has 0 aliphatic carbocycles. The van der Waals surface area contributed by atoms with Gasteiger partial charge < -0.3 is 14.8 Å². The molecule has 0 saturated carbocycles. The maximum atomic E-state index is 15.2. The van der Waals surface area contributed by atoms with E-state index in [0.717, 1.165) is 0 Å². The van der Waals surface area contributed by atoms with Gasteiger partial charge in [-0.15, -0.1) is 0 Å². The van der Waals surface area contributed by atoms with Gasteiger partial charge in [0, 0.05) is 29.3 Å². The number of nitrogens with zero attached hydrogens (tertiary/aromatic N) is 3. The van der Waals surface area contributed by atoms with Gasteiger partial charge in [0.1, 0.15) is 28.5 Å². The molecule has 0 unspecified atom stereocenters. The molecule has 4 aromatic rings. The number of rotatable bonds is 6. The number of aromatic nitrogens is 2. The second-order valence-corrected chi connectivity index (χ2v) is 7.98. The van der Waals surface area contributed by atoms with Crippen LogP contribution >= 0.6 is 23.2 Å². The van der Waals surface area contributed by atoms with Crippen molar-refractivity contribution >= 4 is 51.4 Å². The highest BCUT2D eigenvalue weighted by Gasteiger charge is 2.21. The molecule has 1 heterocycles. The second-order valence-electron chi connectivity index (χ2n) is 7.22. The van der Waals surface area contributed by atoms with Crippen LogP contribution in [0.4, 0.5) is 21.7 Å². The quantitative estimate of drug-likeness (QED) is 0.230. The molecule has 0 radical (unpaired) electrons. The van der Waals surface area contributed by atoms with E-state index in [4.69, 9.17) is 32.7 Å². The third kappa shape index (κ3) is 4.15. The van der Waals surface area contributed by atoms with Crippen LogP contribution in [-0.2, 0) is 0 Å². The first-order valence-electron chi connectivity index (χ1n) is 9.82. The van der Waals surface area contributed by atoms with Crippen LogP contribution in [0.25, 0.3) is 22.0 Å². The lowest BCUT2D eigenvalue weighted by Gasteiger charge is -2.15. The monoisotopic (exact) mass is 502 g/mol. The van der Waals surface area contributed by atoms with Gasteiger partial charge in [-0.25, -0.2) is 14.4 Å². The molecule has 0 saturated heterocycles. The molecule has 1 aromatic heterocycles. The van der Waals surface area contributed by atoms with Crippen molar-refractivity contribution in [2.75, 3.05) is 19.5 Å². The number of anilines is 2. The minimum atomic E-state index is -0.661. The molecule has 0 aliphatic heterocycles. The molecule has 1 N–H and O–H groups in total. The van der Waals surface area contributed by atoms with E-state index in [1.807, 2.05) is 0 Å². The average molecular weight is 503 g/mol. The van der Waals surface area contributed by atoms with Gasteiger partial charge in [0.25, 0.3) is 5.69 Å². The summed E-state index contributed by atoms with van der Waals surface area (Å²) in [5.74, 6) is -0.0232. The maximum absolute atomic E-state index is 15.2. The van der Waals surface area contributed by atoms with Crippen LogP contribution in [0.5, 0.6) is 11.5 Å². The fourth-order valence-electron chi connectivity index (χ4n) is 3.52. The number of para-hydroxylation sites is 1. The summed E-state index contributed by atoms with van der Waals surface area (Å²) in [7, 11) is 2.89. The summed E-state index contributed by atoms with van der Waals surface area (Å²) in [6, 6.07) is 9.05. The third-order valence-electron chi connectivity index (χ3n) is 5.18. The number of nitrogens with one attached hydrogen (secondary N) is 1. The van der Waals surface area contributed by atoms with Crippen molar-refractivity contribution in [1.29, 1.82) is 0 Å². The molecule has 174 valence electrons. The highest BCUT2D eigenvalue weighted by molar-refractivity contribution is 6.41. The molecule has 0 amide bonds. The van der Waals surface area contributed by atoms with Gasteiger partial charge >= 0.3 is 0 Å². The highest BCUT2D eigenvalue weighted by atomic mass is 35.5. The average Bonchev–Trinajstić information content (AvgIpc) is 2.81. The summed E-state index contributed by atoms with van der Waals surface area (Å²) in [5.41, 5.74) is 1.42. The topological polar surface area (TPSA) is 99.4 Å². The van der Waals surface area contributed by atoms with E-state index in [1.54, 1.807) is 25.1 Å². The number of nitro benzene ring substituents is 1. The number of halogens is 3. The Morgan fingerprint density at radius 3 is 2.38 bits per heavy atom. The Labute approximate surface area is 203 Å². The lowest BCUT2D eigenvalue weighted by atomic mass is 10.0. The van der Waals surface area contributed by atoms with E-state index in [9.17, 15) is 10.1 Å². The lowest BCUT2D eigenvalue weighted by Crippen LogP contribution is -2.03. The standard InChI is InChI=1S/C23H17Cl2FN4O4/c1-11-5-4-6-15(30(31)32)21(11)28-23-27-10-13-7-12(8-14(26)22(13)29-23)18-19(24)16(33-2)9-17(34-3)20(18)25/h4-10H,1-3H3,(H,27,28,29). The Morgan fingerprint density at radius 1 is 1.09 bits per heavy atom. The molecule has 8 nitrogen and oxygen atoms in total. The van der Waals surface area contributed by atoms with Gasteiger partial charge in [0.05, 0.1) is 29.2 Å².